The summed E-state index contributed by atoms with van der Waals surface area (Å²) in [4.78, 5) is 23.1. The fourth-order valence-electron chi connectivity index (χ4n) is 8.78. The molecule has 2 heterocycles. The highest BCUT2D eigenvalue weighted by molar-refractivity contribution is 7.23. The quantitative estimate of drug-likeness (QED) is 0.0687. The average Bonchev–Trinajstić information content (AvgIpc) is 3.84. The third kappa shape index (κ3) is 7.75. The number of aromatic hydroxyl groups is 1. The number of anilines is 1. The summed E-state index contributed by atoms with van der Waals surface area (Å²) in [6, 6.07) is 11.7. The lowest BCUT2D eigenvalue weighted by Gasteiger charge is -2.47. The molecule has 3 aromatic rings. The summed E-state index contributed by atoms with van der Waals surface area (Å²) in [5, 5.41) is 31.2. The Morgan fingerprint density at radius 1 is 1.14 bits per heavy atom. The van der Waals surface area contributed by atoms with E-state index in [0.29, 0.717) is 30.8 Å². The molecule has 10 heteroatoms. The zero-order chi connectivity index (χ0) is 35.4. The summed E-state index contributed by atoms with van der Waals surface area (Å²) in [6.45, 7) is 4.81. The molecule has 3 aliphatic carbocycles. The molecular formula is C40H49N5O3S2. The van der Waals surface area contributed by atoms with Crippen molar-refractivity contribution in [3.8, 4) is 39.2 Å². The van der Waals surface area contributed by atoms with E-state index < -0.39 is 6.10 Å². The number of fused-ring (bicyclic) bond motifs is 3. The van der Waals surface area contributed by atoms with Gasteiger partial charge in [-0.3, -0.25) is 9.79 Å². The number of phenols is 1. The molecule has 0 aliphatic heterocycles. The number of nitrogens with one attached hydrogen (secondary N) is 3. The number of phenolic OH excluding ortho intramolecular Hbond substituents is 1. The van der Waals surface area contributed by atoms with Gasteiger partial charge < -0.3 is 31.9 Å². The Hall–Kier alpha value is -3.80. The van der Waals surface area contributed by atoms with E-state index >= 15 is 0 Å². The number of thiophene rings is 2. The number of nitrogens with zero attached hydrogens (tertiary/aromatic N) is 1. The van der Waals surface area contributed by atoms with Crippen molar-refractivity contribution in [1.82, 2.24) is 10.6 Å². The van der Waals surface area contributed by atoms with Gasteiger partial charge in [0.05, 0.1) is 27.1 Å². The second kappa shape index (κ2) is 15.6. The highest BCUT2D eigenvalue weighted by Crippen LogP contribution is 2.60. The van der Waals surface area contributed by atoms with Crippen LogP contribution in [0.5, 0.6) is 5.75 Å². The fraction of sp³-hybridized carbons (Fsp3) is 0.500. The van der Waals surface area contributed by atoms with Crippen LogP contribution in [0.15, 0.2) is 41.4 Å². The van der Waals surface area contributed by atoms with E-state index in [1.807, 2.05) is 20.0 Å². The van der Waals surface area contributed by atoms with Crippen LogP contribution in [0.4, 0.5) is 5.69 Å². The third-order valence-electron chi connectivity index (χ3n) is 10.9. The maximum absolute atomic E-state index is 14.7. The minimum absolute atomic E-state index is 0.0687. The number of carbonyl (C=O) groups excluding carboxylic acids is 1. The van der Waals surface area contributed by atoms with Gasteiger partial charge in [-0.2, -0.15) is 0 Å². The number of guanidine groups is 1. The van der Waals surface area contributed by atoms with E-state index in [1.54, 1.807) is 48.8 Å². The molecule has 6 rings (SSSR count). The van der Waals surface area contributed by atoms with Gasteiger partial charge in [-0.1, -0.05) is 17.8 Å². The standard InChI is InChI=1S/C40H49N5O3S2/c1-5-7-30-11-13-35(49-30)36-14-15-37(50-36)38(48)32-12-10-26-20-40(32)19-25(28(21-40)23-42-3)8-6-9-31-27(17-33(26)45-39(41)43-4)16-29(47)18-34(31)44-22-24(2)46/h11,13-16,18,24-26,28,32-33,42,44,46-47H,8,10,12,17,19-23H2,1-4H3,(H3,41,43,45)/t24-,25+,26+,28-,32+,33-,40-/m0/s1. The van der Waals surface area contributed by atoms with Gasteiger partial charge in [0.15, 0.2) is 11.7 Å². The van der Waals surface area contributed by atoms with E-state index in [9.17, 15) is 15.0 Å². The molecule has 2 fully saturated rings. The number of aliphatic hydroxyl groups excluding tert-OH is 1. The van der Waals surface area contributed by atoms with Crippen molar-refractivity contribution in [1.29, 1.82) is 0 Å². The Balaban J connectivity index is 1.38. The van der Waals surface area contributed by atoms with Gasteiger partial charge in [0, 0.05) is 47.8 Å². The summed E-state index contributed by atoms with van der Waals surface area (Å²) >= 11 is 3.28. The normalized spacial score (nSPS) is 26.6. The van der Waals surface area contributed by atoms with Crippen LogP contribution in [-0.4, -0.2) is 61.3 Å². The van der Waals surface area contributed by atoms with Crippen LogP contribution in [0.2, 0.25) is 0 Å². The minimum Gasteiger partial charge on any atom is -0.508 e. The Kier molecular flexibility index (Phi) is 11.2. The smallest absolute Gasteiger partial charge is 0.188 e. The van der Waals surface area contributed by atoms with Gasteiger partial charge >= 0.3 is 0 Å². The molecule has 2 aromatic heterocycles. The number of aliphatic hydroxyl groups is 1. The Labute approximate surface area is 304 Å². The van der Waals surface area contributed by atoms with Gasteiger partial charge in [-0.05, 0) is 125 Å². The van der Waals surface area contributed by atoms with Crippen molar-refractivity contribution in [3.63, 3.8) is 0 Å². The van der Waals surface area contributed by atoms with Crippen molar-refractivity contribution in [2.24, 2.45) is 39.8 Å². The topological polar surface area (TPSA) is 132 Å². The van der Waals surface area contributed by atoms with E-state index in [2.05, 4.69) is 62.8 Å². The van der Waals surface area contributed by atoms with Crippen molar-refractivity contribution in [3.05, 3.63) is 57.3 Å². The summed E-state index contributed by atoms with van der Waals surface area (Å²) in [5.74, 6) is 14.9. The van der Waals surface area contributed by atoms with E-state index in [1.165, 1.54) is 0 Å². The first-order valence-corrected chi connectivity index (χ1v) is 19.3. The van der Waals surface area contributed by atoms with Crippen molar-refractivity contribution >= 4 is 40.1 Å². The van der Waals surface area contributed by atoms with Crippen LogP contribution in [0.25, 0.3) is 9.75 Å². The highest BCUT2D eigenvalue weighted by atomic mass is 32.1. The number of aliphatic imine (C=N–C) groups is 1. The SMILES string of the molecule is CC#Cc1ccc(-c2ccc(C(=O)[C@H]3CC[C@@H]4C[C@]35C[C@@H](CC#Cc3c(cc(O)cc3NC[C@H](C)O)C[C@@H]4NC(N)=NC)[C@H](CNC)C5)s2)s1. The molecule has 8 nitrogen and oxygen atoms in total. The van der Waals surface area contributed by atoms with E-state index in [0.717, 1.165) is 81.4 Å². The monoisotopic (exact) mass is 711 g/mol. The van der Waals surface area contributed by atoms with Crippen LogP contribution in [0.3, 0.4) is 0 Å². The number of ketones is 1. The van der Waals surface area contributed by atoms with Crippen LogP contribution < -0.4 is 21.7 Å². The Bertz CT molecular complexity index is 1860. The van der Waals surface area contributed by atoms with Gasteiger partial charge in [0.25, 0.3) is 0 Å². The molecule has 3 aliphatic rings. The van der Waals surface area contributed by atoms with Gasteiger partial charge in [-0.25, -0.2) is 0 Å². The highest BCUT2D eigenvalue weighted by Gasteiger charge is 2.55. The number of nitrogens with two attached hydrogens (primary N) is 1. The zero-order valence-electron chi connectivity index (χ0n) is 29.4. The molecule has 0 saturated heterocycles. The first kappa shape index (κ1) is 36.0. The maximum Gasteiger partial charge on any atom is 0.188 e. The molecule has 7 atom stereocenters. The number of hydrogen-bond donors (Lipinski definition) is 6. The summed E-state index contributed by atoms with van der Waals surface area (Å²) < 4.78 is 0. The predicted octanol–water partition coefficient (Wildman–Crippen LogP) is 6.08. The summed E-state index contributed by atoms with van der Waals surface area (Å²) in [6.07, 6.45) is 5.30. The number of Topliss-reactive ketones (excluding diaryl/α,β-unsaturated/α-hetero) is 1. The van der Waals surface area contributed by atoms with Crippen LogP contribution in [0.1, 0.15) is 78.0 Å². The lowest BCUT2D eigenvalue weighted by molar-refractivity contribution is 0.0377. The molecular weight excluding hydrogens is 663 g/mol. The number of rotatable bonds is 9. The van der Waals surface area contributed by atoms with Crippen molar-refractivity contribution in [2.75, 3.05) is 32.5 Å². The molecule has 0 amide bonds. The molecule has 1 spiro atoms. The Morgan fingerprint density at radius 3 is 2.68 bits per heavy atom. The molecule has 2 saturated carbocycles. The molecule has 0 radical (unpaired) electrons. The second-order valence-electron chi connectivity index (χ2n) is 14.3. The molecule has 0 unspecified atom stereocenters. The molecule has 7 N–H and O–H groups in total. The zero-order valence-corrected chi connectivity index (χ0v) is 31.1. The summed E-state index contributed by atoms with van der Waals surface area (Å²) in [5.41, 5.74) is 8.68. The molecule has 1 aromatic carbocycles. The largest absolute Gasteiger partial charge is 0.508 e. The van der Waals surface area contributed by atoms with E-state index in [4.69, 9.17) is 5.73 Å². The predicted molar refractivity (Wildman–Crippen MR) is 206 cm³/mol. The van der Waals surface area contributed by atoms with Crippen LogP contribution >= 0.6 is 22.7 Å². The lowest BCUT2D eigenvalue weighted by atomic mass is 9.58. The first-order chi connectivity index (χ1) is 24.1. The van der Waals surface area contributed by atoms with Gasteiger partial charge in [0.2, 0.25) is 0 Å². The lowest BCUT2D eigenvalue weighted by Crippen LogP contribution is -2.50. The molecule has 3 bridgehead atoms. The number of hydrogen-bond acceptors (Lipinski definition) is 8. The molecule has 50 heavy (non-hydrogen) atoms. The number of benzene rings is 1. The maximum atomic E-state index is 14.7. The van der Waals surface area contributed by atoms with Crippen LogP contribution in [0, 0.1) is 52.8 Å². The van der Waals surface area contributed by atoms with Crippen LogP contribution in [-0.2, 0) is 6.42 Å². The first-order valence-electron chi connectivity index (χ1n) is 17.7. The Morgan fingerprint density at radius 2 is 1.92 bits per heavy atom. The van der Waals surface area contributed by atoms with Crippen molar-refractivity contribution < 1.29 is 15.0 Å². The number of carbonyl (C=O) groups is 1. The minimum atomic E-state index is -0.557. The van der Waals surface area contributed by atoms with E-state index in [-0.39, 0.29) is 34.8 Å². The molecule has 264 valence electrons. The fourth-order valence-corrected chi connectivity index (χ4v) is 10.8. The third-order valence-corrected chi connectivity index (χ3v) is 13.2. The van der Waals surface area contributed by atoms with Gasteiger partial charge in [-0.15, -0.1) is 28.6 Å². The summed E-state index contributed by atoms with van der Waals surface area (Å²) in [7, 11) is 3.70. The van der Waals surface area contributed by atoms with Gasteiger partial charge in [0.1, 0.15) is 5.75 Å². The second-order valence-corrected chi connectivity index (χ2v) is 16.5. The van der Waals surface area contributed by atoms with Crippen molar-refractivity contribution in [2.45, 2.75) is 70.9 Å². The average molecular weight is 712 g/mol.